The van der Waals surface area contributed by atoms with Crippen molar-refractivity contribution in [2.24, 2.45) is 11.7 Å². The molecule has 1 atom stereocenters. The van der Waals surface area contributed by atoms with Crippen molar-refractivity contribution in [1.82, 2.24) is 4.90 Å². The zero-order chi connectivity index (χ0) is 9.68. The van der Waals surface area contributed by atoms with Gasteiger partial charge in [-0.25, -0.2) is 0 Å². The molecule has 1 aliphatic rings. The van der Waals surface area contributed by atoms with E-state index in [1.165, 1.54) is 12.8 Å². The SMILES string of the molecule is C#CCN(CC)CCC(N)C1CC1. The van der Waals surface area contributed by atoms with Crippen LogP contribution in [-0.4, -0.2) is 30.6 Å². The molecule has 2 heteroatoms. The summed E-state index contributed by atoms with van der Waals surface area (Å²) in [5, 5.41) is 0. The molecular weight excluding hydrogens is 160 g/mol. The highest BCUT2D eigenvalue weighted by molar-refractivity contribution is 4.89. The predicted octanol–water partition coefficient (Wildman–Crippen LogP) is 1.07. The van der Waals surface area contributed by atoms with Crippen LogP contribution in [0.4, 0.5) is 0 Å². The van der Waals surface area contributed by atoms with Gasteiger partial charge in [-0.05, 0) is 31.7 Å². The Morgan fingerprint density at radius 2 is 2.31 bits per heavy atom. The van der Waals surface area contributed by atoms with Crippen LogP contribution in [0.25, 0.3) is 0 Å². The molecule has 1 aliphatic carbocycles. The number of nitrogens with zero attached hydrogens (tertiary/aromatic N) is 1. The second kappa shape index (κ2) is 5.26. The van der Waals surface area contributed by atoms with Gasteiger partial charge in [-0.2, -0.15) is 0 Å². The van der Waals surface area contributed by atoms with Crippen LogP contribution >= 0.6 is 0 Å². The molecule has 0 aromatic carbocycles. The van der Waals surface area contributed by atoms with Crippen molar-refractivity contribution in [1.29, 1.82) is 0 Å². The summed E-state index contributed by atoms with van der Waals surface area (Å²) < 4.78 is 0. The maximum Gasteiger partial charge on any atom is 0.0598 e. The van der Waals surface area contributed by atoms with E-state index in [4.69, 9.17) is 12.2 Å². The Morgan fingerprint density at radius 1 is 1.62 bits per heavy atom. The second-order valence-corrected chi connectivity index (χ2v) is 3.86. The van der Waals surface area contributed by atoms with E-state index >= 15 is 0 Å². The minimum atomic E-state index is 0.409. The van der Waals surface area contributed by atoms with E-state index < -0.39 is 0 Å². The van der Waals surface area contributed by atoms with Crippen LogP contribution in [0.3, 0.4) is 0 Å². The smallest absolute Gasteiger partial charge is 0.0598 e. The third-order valence-electron chi connectivity index (χ3n) is 2.77. The lowest BCUT2D eigenvalue weighted by Crippen LogP contribution is -2.31. The summed E-state index contributed by atoms with van der Waals surface area (Å²) >= 11 is 0. The Morgan fingerprint density at radius 3 is 2.77 bits per heavy atom. The van der Waals surface area contributed by atoms with Gasteiger partial charge >= 0.3 is 0 Å². The van der Waals surface area contributed by atoms with E-state index in [9.17, 15) is 0 Å². The zero-order valence-corrected chi connectivity index (χ0v) is 8.50. The molecule has 0 spiro atoms. The maximum absolute atomic E-state index is 6.00. The lowest BCUT2D eigenvalue weighted by Gasteiger charge is -2.19. The summed E-state index contributed by atoms with van der Waals surface area (Å²) in [7, 11) is 0. The molecule has 2 N–H and O–H groups in total. The molecule has 0 aromatic heterocycles. The molecule has 0 amide bonds. The molecule has 0 bridgehead atoms. The van der Waals surface area contributed by atoms with Gasteiger partial charge in [-0.3, -0.25) is 4.90 Å². The minimum Gasteiger partial charge on any atom is -0.327 e. The number of rotatable bonds is 6. The van der Waals surface area contributed by atoms with Gasteiger partial charge in [0.25, 0.3) is 0 Å². The summed E-state index contributed by atoms with van der Waals surface area (Å²) in [4.78, 5) is 2.27. The van der Waals surface area contributed by atoms with E-state index in [1.807, 2.05) is 0 Å². The van der Waals surface area contributed by atoms with Crippen LogP contribution in [0.2, 0.25) is 0 Å². The van der Waals surface area contributed by atoms with Crippen molar-refractivity contribution < 1.29 is 0 Å². The average Bonchev–Trinajstić information content (AvgIpc) is 2.94. The highest BCUT2D eigenvalue weighted by Crippen LogP contribution is 2.32. The van der Waals surface area contributed by atoms with Gasteiger partial charge in [-0.1, -0.05) is 12.8 Å². The first-order valence-corrected chi connectivity index (χ1v) is 5.19. The molecule has 0 saturated heterocycles. The normalized spacial score (nSPS) is 18.6. The standard InChI is InChI=1S/C11H20N2/c1-3-8-13(4-2)9-7-11(12)10-5-6-10/h1,10-11H,4-9,12H2,2H3. The van der Waals surface area contributed by atoms with Gasteiger partial charge in [0.1, 0.15) is 0 Å². The lowest BCUT2D eigenvalue weighted by molar-refractivity contribution is 0.303. The Bertz CT molecular complexity index is 179. The molecule has 1 rings (SSSR count). The predicted molar refractivity (Wildman–Crippen MR) is 56.3 cm³/mol. The molecule has 13 heavy (non-hydrogen) atoms. The van der Waals surface area contributed by atoms with Crippen LogP contribution < -0.4 is 5.73 Å². The Balaban J connectivity index is 2.11. The minimum absolute atomic E-state index is 0.409. The Hall–Kier alpha value is -0.520. The van der Waals surface area contributed by atoms with Crippen molar-refractivity contribution in [3.8, 4) is 12.3 Å². The van der Waals surface area contributed by atoms with E-state index in [-0.39, 0.29) is 0 Å². The van der Waals surface area contributed by atoms with Crippen LogP contribution in [0.5, 0.6) is 0 Å². The largest absolute Gasteiger partial charge is 0.327 e. The van der Waals surface area contributed by atoms with Gasteiger partial charge in [0.05, 0.1) is 6.54 Å². The van der Waals surface area contributed by atoms with Gasteiger partial charge in [0.2, 0.25) is 0 Å². The first-order chi connectivity index (χ1) is 6.27. The van der Waals surface area contributed by atoms with E-state index in [0.29, 0.717) is 6.04 Å². The number of terminal acetylenes is 1. The van der Waals surface area contributed by atoms with Crippen molar-refractivity contribution in [3.63, 3.8) is 0 Å². The first kappa shape index (κ1) is 10.6. The maximum atomic E-state index is 6.00. The van der Waals surface area contributed by atoms with Gasteiger partial charge in [-0.15, -0.1) is 6.42 Å². The van der Waals surface area contributed by atoms with Crippen LogP contribution in [0, 0.1) is 18.3 Å². The molecule has 1 unspecified atom stereocenters. The average molecular weight is 180 g/mol. The molecule has 0 radical (unpaired) electrons. The number of nitrogens with two attached hydrogens (primary N) is 1. The summed E-state index contributed by atoms with van der Waals surface area (Å²) in [6, 6.07) is 0.409. The highest BCUT2D eigenvalue weighted by atomic mass is 15.1. The van der Waals surface area contributed by atoms with E-state index in [0.717, 1.165) is 32.0 Å². The van der Waals surface area contributed by atoms with E-state index in [2.05, 4.69) is 17.7 Å². The third kappa shape index (κ3) is 3.80. The van der Waals surface area contributed by atoms with Crippen molar-refractivity contribution in [2.75, 3.05) is 19.6 Å². The number of hydrogen-bond donors (Lipinski definition) is 1. The molecule has 1 fully saturated rings. The lowest BCUT2D eigenvalue weighted by atomic mass is 10.1. The van der Waals surface area contributed by atoms with Crippen molar-refractivity contribution in [3.05, 3.63) is 0 Å². The molecule has 0 aliphatic heterocycles. The van der Waals surface area contributed by atoms with Crippen LogP contribution in [0.1, 0.15) is 26.2 Å². The summed E-state index contributed by atoms with van der Waals surface area (Å²) in [5.74, 6) is 3.48. The monoisotopic (exact) mass is 180 g/mol. The van der Waals surface area contributed by atoms with Gasteiger partial charge in [0, 0.05) is 12.6 Å². The molecular formula is C11H20N2. The highest BCUT2D eigenvalue weighted by Gasteiger charge is 2.28. The Labute approximate surface area is 81.5 Å². The number of hydrogen-bond acceptors (Lipinski definition) is 2. The van der Waals surface area contributed by atoms with Gasteiger partial charge in [0.15, 0.2) is 0 Å². The second-order valence-electron chi connectivity index (χ2n) is 3.86. The summed E-state index contributed by atoms with van der Waals surface area (Å²) in [5.41, 5.74) is 6.00. The fourth-order valence-corrected chi connectivity index (χ4v) is 1.57. The Kier molecular flexibility index (Phi) is 4.27. The van der Waals surface area contributed by atoms with Crippen LogP contribution in [-0.2, 0) is 0 Å². The topological polar surface area (TPSA) is 29.3 Å². The fraction of sp³-hybridized carbons (Fsp3) is 0.818. The van der Waals surface area contributed by atoms with E-state index in [1.54, 1.807) is 0 Å². The van der Waals surface area contributed by atoms with Gasteiger partial charge < -0.3 is 5.73 Å². The summed E-state index contributed by atoms with van der Waals surface area (Å²) in [6.45, 7) is 4.98. The first-order valence-electron chi connectivity index (χ1n) is 5.19. The van der Waals surface area contributed by atoms with Crippen LogP contribution in [0.15, 0.2) is 0 Å². The van der Waals surface area contributed by atoms with Crippen molar-refractivity contribution in [2.45, 2.75) is 32.2 Å². The summed E-state index contributed by atoms with van der Waals surface area (Å²) in [6.07, 6.45) is 9.03. The van der Waals surface area contributed by atoms with Crippen molar-refractivity contribution >= 4 is 0 Å². The quantitative estimate of drug-likeness (QED) is 0.620. The zero-order valence-electron chi connectivity index (χ0n) is 8.50. The molecule has 2 nitrogen and oxygen atoms in total. The third-order valence-corrected chi connectivity index (χ3v) is 2.77. The molecule has 74 valence electrons. The fourth-order valence-electron chi connectivity index (χ4n) is 1.57. The molecule has 1 saturated carbocycles. The molecule has 0 heterocycles. The molecule has 0 aromatic rings.